The Labute approximate surface area is 76.8 Å². The summed E-state index contributed by atoms with van der Waals surface area (Å²) in [5.41, 5.74) is 0.458. The predicted octanol–water partition coefficient (Wildman–Crippen LogP) is 1.28. The molecule has 0 aromatic carbocycles. The monoisotopic (exact) mass is 180 g/mol. The summed E-state index contributed by atoms with van der Waals surface area (Å²) in [5, 5.41) is 4.00. The lowest BCUT2D eigenvalue weighted by molar-refractivity contribution is 0.103. The standard InChI is InChI=1S/C9H12N2O2/c1-4-7(12)9-8(13-3)6-10-11(9)5-2/h4,6H,1,5H2,2-3H3. The first-order valence-corrected chi connectivity index (χ1v) is 4.01. The van der Waals surface area contributed by atoms with E-state index >= 15 is 0 Å². The number of hydrogen-bond donors (Lipinski definition) is 0. The molecule has 0 amide bonds. The highest BCUT2D eigenvalue weighted by molar-refractivity contribution is 6.04. The molecular weight excluding hydrogens is 168 g/mol. The topological polar surface area (TPSA) is 44.1 Å². The van der Waals surface area contributed by atoms with E-state index in [2.05, 4.69) is 11.7 Å². The van der Waals surface area contributed by atoms with Crippen LogP contribution in [0.25, 0.3) is 0 Å². The lowest BCUT2D eigenvalue weighted by Gasteiger charge is -2.02. The van der Waals surface area contributed by atoms with E-state index in [0.717, 1.165) is 0 Å². The second kappa shape index (κ2) is 3.89. The summed E-state index contributed by atoms with van der Waals surface area (Å²) < 4.78 is 6.58. The van der Waals surface area contributed by atoms with Crippen molar-refractivity contribution >= 4 is 5.78 Å². The van der Waals surface area contributed by atoms with E-state index in [1.165, 1.54) is 19.4 Å². The number of allylic oxidation sites excluding steroid dienone is 1. The molecule has 4 heteroatoms. The molecule has 1 rings (SSSR count). The minimum Gasteiger partial charge on any atom is -0.493 e. The minimum absolute atomic E-state index is 0.170. The zero-order valence-corrected chi connectivity index (χ0v) is 7.78. The first-order valence-electron chi connectivity index (χ1n) is 4.01. The molecule has 0 spiro atoms. The number of aromatic nitrogens is 2. The Morgan fingerprint density at radius 1 is 1.85 bits per heavy atom. The van der Waals surface area contributed by atoms with Gasteiger partial charge in [-0.1, -0.05) is 6.58 Å². The van der Waals surface area contributed by atoms with Crippen LogP contribution in [-0.2, 0) is 6.54 Å². The predicted molar refractivity (Wildman–Crippen MR) is 49.0 cm³/mol. The van der Waals surface area contributed by atoms with Gasteiger partial charge in [0.15, 0.2) is 11.4 Å². The Kier molecular flexibility index (Phi) is 2.84. The van der Waals surface area contributed by atoms with Gasteiger partial charge in [0.2, 0.25) is 5.78 Å². The van der Waals surface area contributed by atoms with Crippen molar-refractivity contribution in [3.63, 3.8) is 0 Å². The maximum Gasteiger partial charge on any atom is 0.207 e. The molecule has 0 aliphatic heterocycles. The van der Waals surface area contributed by atoms with Crippen LogP contribution in [0.15, 0.2) is 18.9 Å². The number of nitrogens with zero attached hydrogens (tertiary/aromatic N) is 2. The van der Waals surface area contributed by atoms with Crippen molar-refractivity contribution in [1.29, 1.82) is 0 Å². The van der Waals surface area contributed by atoms with Gasteiger partial charge in [-0.3, -0.25) is 9.48 Å². The Morgan fingerprint density at radius 2 is 2.54 bits per heavy atom. The molecule has 1 aromatic rings. The normalized spacial score (nSPS) is 9.69. The van der Waals surface area contributed by atoms with Crippen molar-refractivity contribution in [2.45, 2.75) is 13.5 Å². The molecule has 0 fully saturated rings. The first kappa shape index (κ1) is 9.51. The summed E-state index contributed by atoms with van der Waals surface area (Å²) in [6.45, 7) is 5.97. The van der Waals surface area contributed by atoms with Crippen molar-refractivity contribution < 1.29 is 9.53 Å². The third-order valence-electron chi connectivity index (χ3n) is 1.74. The SMILES string of the molecule is C=CC(=O)c1c(OC)cnn1CC. The summed E-state index contributed by atoms with van der Waals surface area (Å²) in [6, 6.07) is 0. The number of ether oxygens (including phenoxy) is 1. The number of rotatable bonds is 4. The molecule has 0 aliphatic carbocycles. The Morgan fingerprint density at radius 3 is 3.00 bits per heavy atom. The van der Waals surface area contributed by atoms with Gasteiger partial charge in [0.05, 0.1) is 13.3 Å². The van der Waals surface area contributed by atoms with Crippen molar-refractivity contribution in [2.75, 3.05) is 7.11 Å². The smallest absolute Gasteiger partial charge is 0.207 e. The molecule has 1 aromatic heterocycles. The highest BCUT2D eigenvalue weighted by atomic mass is 16.5. The summed E-state index contributed by atoms with van der Waals surface area (Å²) in [6.07, 6.45) is 2.78. The average Bonchev–Trinajstić information content (AvgIpc) is 2.59. The highest BCUT2D eigenvalue weighted by Crippen LogP contribution is 2.17. The van der Waals surface area contributed by atoms with E-state index in [9.17, 15) is 4.79 Å². The molecule has 4 nitrogen and oxygen atoms in total. The molecule has 0 saturated heterocycles. The van der Waals surface area contributed by atoms with E-state index in [1.807, 2.05) is 6.92 Å². The zero-order chi connectivity index (χ0) is 9.84. The van der Waals surface area contributed by atoms with E-state index in [-0.39, 0.29) is 5.78 Å². The van der Waals surface area contributed by atoms with Crippen LogP contribution in [-0.4, -0.2) is 22.7 Å². The van der Waals surface area contributed by atoms with Crippen LogP contribution in [0.2, 0.25) is 0 Å². The Bertz CT molecular complexity index is 307. The average molecular weight is 180 g/mol. The molecule has 70 valence electrons. The summed E-state index contributed by atoms with van der Waals surface area (Å²) in [5.74, 6) is 0.322. The van der Waals surface area contributed by atoms with E-state index in [0.29, 0.717) is 18.0 Å². The van der Waals surface area contributed by atoms with Gasteiger partial charge in [-0.05, 0) is 13.0 Å². The molecule has 0 radical (unpaired) electrons. The lowest BCUT2D eigenvalue weighted by atomic mass is 10.2. The van der Waals surface area contributed by atoms with Crippen LogP contribution < -0.4 is 4.74 Å². The molecule has 1 heterocycles. The third-order valence-corrected chi connectivity index (χ3v) is 1.74. The summed E-state index contributed by atoms with van der Waals surface area (Å²) >= 11 is 0. The van der Waals surface area contributed by atoms with Crippen LogP contribution in [0.4, 0.5) is 0 Å². The van der Waals surface area contributed by atoms with Gasteiger partial charge in [0.1, 0.15) is 0 Å². The number of carbonyl (C=O) groups is 1. The second-order valence-corrected chi connectivity index (χ2v) is 2.45. The van der Waals surface area contributed by atoms with Gasteiger partial charge in [-0.25, -0.2) is 0 Å². The van der Waals surface area contributed by atoms with Crippen molar-refractivity contribution in [3.05, 3.63) is 24.5 Å². The number of carbonyl (C=O) groups excluding carboxylic acids is 1. The first-order chi connectivity index (χ1) is 6.24. The van der Waals surface area contributed by atoms with Crippen LogP contribution >= 0.6 is 0 Å². The second-order valence-electron chi connectivity index (χ2n) is 2.45. The molecular formula is C9H12N2O2. The molecule has 0 bridgehead atoms. The molecule has 13 heavy (non-hydrogen) atoms. The van der Waals surface area contributed by atoms with Gasteiger partial charge >= 0.3 is 0 Å². The van der Waals surface area contributed by atoms with Crippen molar-refractivity contribution in [2.24, 2.45) is 0 Å². The van der Waals surface area contributed by atoms with Gasteiger partial charge in [0.25, 0.3) is 0 Å². The largest absolute Gasteiger partial charge is 0.493 e. The van der Waals surface area contributed by atoms with Crippen molar-refractivity contribution in [3.8, 4) is 5.75 Å². The summed E-state index contributed by atoms with van der Waals surface area (Å²) in [7, 11) is 1.51. The lowest BCUT2D eigenvalue weighted by Crippen LogP contribution is -2.08. The highest BCUT2D eigenvalue weighted by Gasteiger charge is 2.15. The fourth-order valence-corrected chi connectivity index (χ4v) is 1.10. The molecule has 0 atom stereocenters. The maximum atomic E-state index is 11.4. The third kappa shape index (κ3) is 1.61. The molecule has 0 aliphatic rings. The van der Waals surface area contributed by atoms with Crippen LogP contribution in [0.3, 0.4) is 0 Å². The minimum atomic E-state index is -0.170. The number of aryl methyl sites for hydroxylation is 1. The number of hydrogen-bond acceptors (Lipinski definition) is 3. The van der Waals surface area contributed by atoms with Gasteiger partial charge in [-0.2, -0.15) is 5.10 Å². The van der Waals surface area contributed by atoms with Gasteiger partial charge in [0, 0.05) is 6.54 Å². The molecule has 0 unspecified atom stereocenters. The zero-order valence-electron chi connectivity index (χ0n) is 7.78. The molecule has 0 N–H and O–H groups in total. The fourth-order valence-electron chi connectivity index (χ4n) is 1.10. The Hall–Kier alpha value is -1.58. The van der Waals surface area contributed by atoms with Gasteiger partial charge in [-0.15, -0.1) is 0 Å². The van der Waals surface area contributed by atoms with E-state index < -0.39 is 0 Å². The van der Waals surface area contributed by atoms with Crippen LogP contribution in [0, 0.1) is 0 Å². The van der Waals surface area contributed by atoms with Crippen LogP contribution in [0.1, 0.15) is 17.4 Å². The Balaban J connectivity index is 3.19. The number of methoxy groups -OCH3 is 1. The molecule has 0 saturated carbocycles. The quantitative estimate of drug-likeness (QED) is 0.518. The van der Waals surface area contributed by atoms with E-state index in [4.69, 9.17) is 4.74 Å². The number of ketones is 1. The summed E-state index contributed by atoms with van der Waals surface area (Å²) in [4.78, 5) is 11.4. The fraction of sp³-hybridized carbons (Fsp3) is 0.333. The van der Waals surface area contributed by atoms with Gasteiger partial charge < -0.3 is 4.74 Å². The van der Waals surface area contributed by atoms with E-state index in [1.54, 1.807) is 4.68 Å². The maximum absolute atomic E-state index is 11.4. The van der Waals surface area contributed by atoms with Crippen molar-refractivity contribution in [1.82, 2.24) is 9.78 Å². The van der Waals surface area contributed by atoms with Crippen LogP contribution in [0.5, 0.6) is 5.75 Å².